The first kappa shape index (κ1) is 13.3. The van der Waals surface area contributed by atoms with Crippen LogP contribution in [0.25, 0.3) is 0 Å². The highest BCUT2D eigenvalue weighted by molar-refractivity contribution is 6.30. The number of halogens is 1. The highest BCUT2D eigenvalue weighted by atomic mass is 35.5. The Morgan fingerprint density at radius 1 is 1.25 bits per heavy atom. The van der Waals surface area contributed by atoms with Crippen molar-refractivity contribution in [2.24, 2.45) is 0 Å². The van der Waals surface area contributed by atoms with Crippen molar-refractivity contribution < 1.29 is 4.79 Å². The fourth-order valence-electron chi connectivity index (χ4n) is 2.45. The van der Waals surface area contributed by atoms with Crippen LogP contribution in [0.2, 0.25) is 5.02 Å². The van der Waals surface area contributed by atoms with Gasteiger partial charge in [0.2, 0.25) is 0 Å². The van der Waals surface area contributed by atoms with Crippen LogP contribution in [0, 0.1) is 0 Å². The quantitative estimate of drug-likeness (QED) is 0.812. The van der Waals surface area contributed by atoms with Gasteiger partial charge in [0, 0.05) is 49.0 Å². The number of fused-ring (bicyclic) bond motifs is 1. The molecule has 2 heterocycles. The molecule has 0 N–H and O–H groups in total. The van der Waals surface area contributed by atoms with Crippen LogP contribution in [-0.2, 0) is 13.1 Å². The van der Waals surface area contributed by atoms with Gasteiger partial charge < -0.3 is 4.57 Å². The maximum atomic E-state index is 12.1. The van der Waals surface area contributed by atoms with Gasteiger partial charge in [-0.15, -0.1) is 0 Å². The molecule has 0 radical (unpaired) electrons. The molecule has 0 amide bonds. The first-order valence-corrected chi connectivity index (χ1v) is 7.11. The molecule has 1 aromatic heterocycles. The van der Waals surface area contributed by atoms with Crippen molar-refractivity contribution >= 4 is 17.4 Å². The zero-order chi connectivity index (χ0) is 13.9. The topological polar surface area (TPSA) is 38.1 Å². The highest BCUT2D eigenvalue weighted by Gasteiger charge is 2.17. The number of Topliss-reactive ketones (excluding diaryl/α,β-unsaturated/α-hetero) is 1. The summed E-state index contributed by atoms with van der Waals surface area (Å²) in [5.74, 6) is 1.24. The Morgan fingerprint density at radius 2 is 2.05 bits per heavy atom. The monoisotopic (exact) mass is 289 g/mol. The number of ketones is 1. The first-order chi connectivity index (χ1) is 9.72. The van der Waals surface area contributed by atoms with E-state index < -0.39 is 0 Å². The van der Waals surface area contributed by atoms with Crippen molar-refractivity contribution in [3.63, 3.8) is 0 Å². The number of carbonyl (C=O) groups is 1. The zero-order valence-corrected chi connectivity index (χ0v) is 11.9. The normalized spacial score (nSPS) is 15.1. The Bertz CT molecular complexity index is 606. The molecule has 0 fully saturated rings. The fraction of sp³-hybridized carbons (Fsp3) is 0.333. The molecular formula is C15H16ClN3O. The third-order valence-electron chi connectivity index (χ3n) is 3.65. The summed E-state index contributed by atoms with van der Waals surface area (Å²) in [6, 6.07) is 7.08. The molecule has 0 unspecified atom stereocenters. The SMILES string of the molecule is O=C(CCN1CCn2ccnc2C1)c1ccc(Cl)cc1. The second-order valence-corrected chi connectivity index (χ2v) is 5.43. The Hall–Kier alpha value is -1.65. The van der Waals surface area contributed by atoms with Crippen LogP contribution in [0.4, 0.5) is 0 Å². The Balaban J connectivity index is 1.55. The summed E-state index contributed by atoms with van der Waals surface area (Å²) in [5.41, 5.74) is 0.730. The molecule has 20 heavy (non-hydrogen) atoms. The predicted molar refractivity (Wildman–Crippen MR) is 77.9 cm³/mol. The number of hydrogen-bond acceptors (Lipinski definition) is 3. The number of hydrogen-bond donors (Lipinski definition) is 0. The van der Waals surface area contributed by atoms with Crippen LogP contribution in [0.1, 0.15) is 22.6 Å². The largest absolute Gasteiger partial charge is 0.333 e. The summed E-state index contributed by atoms with van der Waals surface area (Å²) in [6.07, 6.45) is 4.37. The van der Waals surface area contributed by atoms with Crippen molar-refractivity contribution in [1.82, 2.24) is 14.5 Å². The lowest BCUT2D eigenvalue weighted by Gasteiger charge is -2.27. The molecule has 0 bridgehead atoms. The molecule has 0 spiro atoms. The number of imidazole rings is 1. The van der Waals surface area contributed by atoms with E-state index in [1.165, 1.54) is 0 Å². The number of benzene rings is 1. The molecule has 0 aliphatic carbocycles. The molecule has 3 rings (SSSR count). The molecular weight excluding hydrogens is 274 g/mol. The second kappa shape index (κ2) is 5.77. The number of nitrogens with zero attached hydrogens (tertiary/aromatic N) is 3. The first-order valence-electron chi connectivity index (χ1n) is 6.73. The van der Waals surface area contributed by atoms with Crippen molar-refractivity contribution in [3.8, 4) is 0 Å². The smallest absolute Gasteiger partial charge is 0.164 e. The Labute approximate surface area is 123 Å². The Morgan fingerprint density at radius 3 is 2.85 bits per heavy atom. The highest BCUT2D eigenvalue weighted by Crippen LogP contribution is 2.13. The lowest BCUT2D eigenvalue weighted by molar-refractivity contribution is 0.0955. The zero-order valence-electron chi connectivity index (χ0n) is 11.1. The van der Waals surface area contributed by atoms with E-state index in [2.05, 4.69) is 14.5 Å². The standard InChI is InChI=1S/C15H16ClN3O/c16-13-3-1-12(2-4-13)14(20)5-7-18-9-10-19-8-6-17-15(19)11-18/h1-4,6,8H,5,7,9-11H2. The van der Waals surface area contributed by atoms with Crippen molar-refractivity contribution in [2.75, 3.05) is 13.1 Å². The summed E-state index contributed by atoms with van der Waals surface area (Å²) in [4.78, 5) is 18.7. The van der Waals surface area contributed by atoms with Gasteiger partial charge in [-0.05, 0) is 24.3 Å². The van der Waals surface area contributed by atoms with Gasteiger partial charge in [-0.1, -0.05) is 11.6 Å². The molecule has 4 nitrogen and oxygen atoms in total. The van der Waals surface area contributed by atoms with Gasteiger partial charge in [0.1, 0.15) is 5.82 Å². The molecule has 1 aliphatic heterocycles. The van der Waals surface area contributed by atoms with Gasteiger partial charge in [-0.2, -0.15) is 0 Å². The van der Waals surface area contributed by atoms with Gasteiger partial charge in [-0.3, -0.25) is 9.69 Å². The van der Waals surface area contributed by atoms with E-state index in [0.29, 0.717) is 11.4 Å². The molecule has 1 aliphatic rings. The van der Waals surface area contributed by atoms with Crippen LogP contribution in [-0.4, -0.2) is 33.3 Å². The van der Waals surface area contributed by atoms with Gasteiger partial charge in [0.05, 0.1) is 6.54 Å². The minimum absolute atomic E-state index is 0.163. The van der Waals surface area contributed by atoms with Crippen LogP contribution in [0.5, 0.6) is 0 Å². The molecule has 0 atom stereocenters. The average Bonchev–Trinajstić information content (AvgIpc) is 2.93. The minimum atomic E-state index is 0.163. The third-order valence-corrected chi connectivity index (χ3v) is 3.90. The van der Waals surface area contributed by atoms with Crippen LogP contribution < -0.4 is 0 Å². The predicted octanol–water partition coefficient (Wildman–Crippen LogP) is 2.63. The van der Waals surface area contributed by atoms with E-state index in [1.54, 1.807) is 24.3 Å². The third kappa shape index (κ3) is 2.92. The molecule has 0 saturated heterocycles. The lowest BCUT2D eigenvalue weighted by atomic mass is 10.1. The summed E-state index contributed by atoms with van der Waals surface area (Å²) in [6.45, 7) is 3.51. The average molecular weight is 290 g/mol. The fourth-order valence-corrected chi connectivity index (χ4v) is 2.58. The van der Waals surface area contributed by atoms with E-state index in [0.717, 1.165) is 37.6 Å². The van der Waals surface area contributed by atoms with Crippen molar-refractivity contribution in [1.29, 1.82) is 0 Å². The molecule has 2 aromatic rings. The van der Waals surface area contributed by atoms with Gasteiger partial charge in [0.25, 0.3) is 0 Å². The van der Waals surface area contributed by atoms with Gasteiger partial charge >= 0.3 is 0 Å². The second-order valence-electron chi connectivity index (χ2n) is 4.99. The number of rotatable bonds is 4. The lowest BCUT2D eigenvalue weighted by Crippen LogP contribution is -2.35. The van der Waals surface area contributed by atoms with E-state index in [4.69, 9.17) is 11.6 Å². The summed E-state index contributed by atoms with van der Waals surface area (Å²) in [5, 5.41) is 0.657. The molecule has 1 aromatic carbocycles. The molecule has 104 valence electrons. The number of carbonyl (C=O) groups excluding carboxylic acids is 1. The van der Waals surface area contributed by atoms with Crippen LogP contribution in [0.3, 0.4) is 0 Å². The van der Waals surface area contributed by atoms with Crippen molar-refractivity contribution in [2.45, 2.75) is 19.5 Å². The van der Waals surface area contributed by atoms with Gasteiger partial charge in [-0.25, -0.2) is 4.98 Å². The maximum absolute atomic E-state index is 12.1. The Kier molecular flexibility index (Phi) is 3.85. The molecule has 0 saturated carbocycles. The number of aromatic nitrogens is 2. The summed E-state index contributed by atoms with van der Waals surface area (Å²) >= 11 is 5.82. The van der Waals surface area contributed by atoms with Crippen LogP contribution >= 0.6 is 11.6 Å². The van der Waals surface area contributed by atoms with E-state index in [1.807, 2.05) is 12.4 Å². The molecule has 5 heteroatoms. The van der Waals surface area contributed by atoms with E-state index in [-0.39, 0.29) is 5.78 Å². The van der Waals surface area contributed by atoms with Crippen LogP contribution in [0.15, 0.2) is 36.7 Å². The summed E-state index contributed by atoms with van der Waals surface area (Å²) < 4.78 is 2.16. The summed E-state index contributed by atoms with van der Waals surface area (Å²) in [7, 11) is 0. The van der Waals surface area contributed by atoms with Crippen molar-refractivity contribution in [3.05, 3.63) is 53.1 Å². The minimum Gasteiger partial charge on any atom is -0.333 e. The van der Waals surface area contributed by atoms with Gasteiger partial charge in [0.15, 0.2) is 5.78 Å². The maximum Gasteiger partial charge on any atom is 0.164 e. The van der Waals surface area contributed by atoms with E-state index in [9.17, 15) is 4.79 Å². The van der Waals surface area contributed by atoms with E-state index >= 15 is 0 Å².